The van der Waals surface area contributed by atoms with Crippen molar-refractivity contribution in [2.24, 2.45) is 4.99 Å². The molecule has 4 aromatic rings. The molecule has 0 fully saturated rings. The number of para-hydroxylation sites is 1. The van der Waals surface area contributed by atoms with E-state index >= 15 is 0 Å². The number of carbonyl (C=O) groups excluding carboxylic acids is 1. The van der Waals surface area contributed by atoms with Gasteiger partial charge in [-0.1, -0.05) is 35.9 Å². The molecule has 0 aliphatic carbocycles. The van der Waals surface area contributed by atoms with Crippen molar-refractivity contribution in [1.82, 2.24) is 10.3 Å². The molecule has 0 bridgehead atoms. The van der Waals surface area contributed by atoms with Crippen LogP contribution in [-0.2, 0) is 6.42 Å². The third kappa shape index (κ3) is 5.41. The molecule has 4 rings (SSSR count). The van der Waals surface area contributed by atoms with E-state index in [4.69, 9.17) is 11.6 Å². The predicted octanol–water partition coefficient (Wildman–Crippen LogP) is 6.02. The van der Waals surface area contributed by atoms with Gasteiger partial charge in [-0.15, -0.1) is 0 Å². The zero-order chi connectivity index (χ0) is 23.4. The molecule has 5 nitrogen and oxygen atoms in total. The van der Waals surface area contributed by atoms with E-state index in [1.165, 1.54) is 6.07 Å². The van der Waals surface area contributed by atoms with Gasteiger partial charge in [0, 0.05) is 39.9 Å². The number of anilines is 1. The monoisotopic (exact) mass is 462 g/mol. The van der Waals surface area contributed by atoms with Crippen molar-refractivity contribution in [3.63, 3.8) is 0 Å². The Morgan fingerprint density at radius 3 is 2.67 bits per heavy atom. The minimum Gasteiger partial charge on any atom is -0.361 e. The average Bonchev–Trinajstić information content (AvgIpc) is 3.20. The molecule has 3 N–H and O–H groups in total. The summed E-state index contributed by atoms with van der Waals surface area (Å²) in [4.78, 5) is 20.7. The Bertz CT molecular complexity index is 1350. The Labute approximate surface area is 196 Å². The maximum atomic E-state index is 14.0. The van der Waals surface area contributed by atoms with Gasteiger partial charge in [0.15, 0.2) is 0 Å². The second kappa shape index (κ2) is 9.88. The minimum atomic E-state index is -0.445. The number of benzene rings is 3. The van der Waals surface area contributed by atoms with E-state index in [0.717, 1.165) is 27.7 Å². The molecule has 33 heavy (non-hydrogen) atoms. The second-order valence-electron chi connectivity index (χ2n) is 7.84. The Balaban J connectivity index is 1.55. The summed E-state index contributed by atoms with van der Waals surface area (Å²) in [6.07, 6.45) is 2.66. The van der Waals surface area contributed by atoms with Crippen LogP contribution in [0.1, 0.15) is 27.0 Å². The molecule has 0 aliphatic rings. The van der Waals surface area contributed by atoms with Gasteiger partial charge >= 0.3 is 0 Å². The average molecular weight is 463 g/mol. The van der Waals surface area contributed by atoms with E-state index in [1.807, 2.05) is 43.5 Å². The normalized spacial score (nSPS) is 11.6. The molecule has 7 heteroatoms. The topological polar surface area (TPSA) is 69.3 Å². The lowest BCUT2D eigenvalue weighted by Gasteiger charge is -2.14. The van der Waals surface area contributed by atoms with Gasteiger partial charge in [-0.2, -0.15) is 0 Å². The van der Waals surface area contributed by atoms with Crippen LogP contribution in [0.3, 0.4) is 0 Å². The Kier molecular flexibility index (Phi) is 6.75. The quantitative estimate of drug-likeness (QED) is 0.251. The molecular weight excluding hydrogens is 439 g/mol. The van der Waals surface area contributed by atoms with E-state index in [1.54, 1.807) is 25.1 Å². The molecule has 0 atom stereocenters. The molecule has 0 spiro atoms. The molecule has 168 valence electrons. The Morgan fingerprint density at radius 1 is 1.06 bits per heavy atom. The molecule has 0 radical (unpaired) electrons. The third-order valence-electron chi connectivity index (χ3n) is 5.43. The summed E-state index contributed by atoms with van der Waals surface area (Å²) in [5.74, 6) is -0.591. The number of halogens is 2. The number of aromatic amines is 1. The lowest BCUT2D eigenvalue weighted by Crippen LogP contribution is -2.36. The van der Waals surface area contributed by atoms with Crippen molar-refractivity contribution in [2.75, 3.05) is 11.9 Å². The number of hydrogen-bond acceptors (Lipinski definition) is 2. The highest BCUT2D eigenvalue weighted by atomic mass is 35.5. The molecule has 0 unspecified atom stereocenters. The van der Waals surface area contributed by atoms with Crippen molar-refractivity contribution in [1.29, 1.82) is 0 Å². The van der Waals surface area contributed by atoms with Crippen LogP contribution in [0.5, 0.6) is 0 Å². The van der Waals surface area contributed by atoms with Crippen molar-refractivity contribution in [3.05, 3.63) is 100.0 Å². The first-order valence-electron chi connectivity index (χ1n) is 10.6. The van der Waals surface area contributed by atoms with E-state index in [9.17, 15) is 9.18 Å². The summed E-state index contributed by atoms with van der Waals surface area (Å²) in [5.41, 5.74) is 4.58. The van der Waals surface area contributed by atoms with Gasteiger partial charge in [-0.3, -0.25) is 15.1 Å². The number of hydrogen-bond donors (Lipinski definition) is 3. The summed E-state index contributed by atoms with van der Waals surface area (Å²) < 4.78 is 14.0. The van der Waals surface area contributed by atoms with Crippen LogP contribution >= 0.6 is 11.6 Å². The summed E-state index contributed by atoms with van der Waals surface area (Å²) in [5, 5.41) is 7.72. The molecule has 3 aromatic carbocycles. The van der Waals surface area contributed by atoms with Crippen molar-refractivity contribution in [2.45, 2.75) is 20.3 Å². The van der Waals surface area contributed by atoms with Gasteiger partial charge in [0.1, 0.15) is 5.82 Å². The minimum absolute atomic E-state index is 0.219. The number of amides is 1. The number of aromatic nitrogens is 1. The van der Waals surface area contributed by atoms with Gasteiger partial charge < -0.3 is 10.3 Å². The number of aliphatic imine (C=N–C) groups is 1. The van der Waals surface area contributed by atoms with E-state index in [-0.39, 0.29) is 11.5 Å². The van der Waals surface area contributed by atoms with Crippen molar-refractivity contribution >= 4 is 40.1 Å². The Morgan fingerprint density at radius 2 is 1.88 bits per heavy atom. The molecular formula is C26H24ClFN4O. The van der Waals surface area contributed by atoms with Crippen molar-refractivity contribution < 1.29 is 9.18 Å². The number of nitrogens with one attached hydrogen (secondary N) is 3. The largest absolute Gasteiger partial charge is 0.361 e. The second-order valence-corrected chi connectivity index (χ2v) is 8.28. The predicted molar refractivity (Wildman–Crippen MR) is 133 cm³/mol. The number of aryl methyl sites for hydroxylation is 2. The van der Waals surface area contributed by atoms with Gasteiger partial charge in [0.25, 0.3) is 5.91 Å². The van der Waals surface area contributed by atoms with E-state index < -0.39 is 11.7 Å². The maximum absolute atomic E-state index is 14.0. The van der Waals surface area contributed by atoms with Crippen LogP contribution in [0.4, 0.5) is 10.1 Å². The number of rotatable bonds is 5. The molecule has 0 saturated carbocycles. The number of H-pyrrole nitrogens is 1. The fourth-order valence-corrected chi connectivity index (χ4v) is 3.77. The van der Waals surface area contributed by atoms with Crippen molar-refractivity contribution in [3.8, 4) is 0 Å². The van der Waals surface area contributed by atoms with Crippen LogP contribution < -0.4 is 10.6 Å². The molecule has 0 saturated heterocycles. The summed E-state index contributed by atoms with van der Waals surface area (Å²) >= 11 is 6.07. The van der Waals surface area contributed by atoms with Gasteiger partial charge in [-0.25, -0.2) is 4.39 Å². The van der Waals surface area contributed by atoms with Crippen LogP contribution in [0.25, 0.3) is 10.9 Å². The highest BCUT2D eigenvalue weighted by Gasteiger charge is 2.12. The first kappa shape index (κ1) is 22.6. The smallest absolute Gasteiger partial charge is 0.258 e. The maximum Gasteiger partial charge on any atom is 0.258 e. The molecule has 1 amide bonds. The highest BCUT2D eigenvalue weighted by Crippen LogP contribution is 2.20. The molecule has 0 aliphatic heterocycles. The molecule has 1 aromatic heterocycles. The van der Waals surface area contributed by atoms with Gasteiger partial charge in [0.2, 0.25) is 5.96 Å². The fourth-order valence-electron chi connectivity index (χ4n) is 3.55. The standard InChI is InChI=1S/C26H24ClFN4O/c1-16-7-8-18(14-22(16)28)25(33)32-26(31-23-10-9-20(27)13-17(23)2)29-12-11-19-15-30-24-6-4-3-5-21(19)24/h3-10,13-15,30H,11-12H2,1-2H3,(H2,29,31,32,33). The van der Waals surface area contributed by atoms with Gasteiger partial charge in [0.05, 0.1) is 0 Å². The SMILES string of the molecule is Cc1ccc(C(=O)NC(=NCCc2c[nH]c3ccccc23)Nc2ccc(Cl)cc2C)cc1F. The van der Waals surface area contributed by atoms with E-state index in [2.05, 4.69) is 26.7 Å². The number of nitrogens with zero attached hydrogens (tertiary/aromatic N) is 1. The summed E-state index contributed by atoms with van der Waals surface area (Å²) in [6, 6.07) is 17.9. The first-order chi connectivity index (χ1) is 15.9. The lowest BCUT2D eigenvalue weighted by atomic mass is 10.1. The van der Waals surface area contributed by atoms with Crippen LogP contribution in [0.15, 0.2) is 71.9 Å². The lowest BCUT2D eigenvalue weighted by molar-refractivity contribution is 0.0976. The van der Waals surface area contributed by atoms with Crippen LogP contribution in [-0.4, -0.2) is 23.4 Å². The zero-order valence-corrected chi connectivity index (χ0v) is 19.1. The van der Waals surface area contributed by atoms with Gasteiger partial charge in [-0.05, 0) is 73.4 Å². The van der Waals surface area contributed by atoms with E-state index in [0.29, 0.717) is 23.6 Å². The first-order valence-corrected chi connectivity index (χ1v) is 11.0. The Hall–Kier alpha value is -3.64. The number of guanidine groups is 1. The number of carbonyl (C=O) groups is 1. The van der Waals surface area contributed by atoms with Crippen LogP contribution in [0, 0.1) is 19.7 Å². The summed E-state index contributed by atoms with van der Waals surface area (Å²) in [6.45, 7) is 4.01. The highest BCUT2D eigenvalue weighted by molar-refractivity contribution is 6.30. The molecule has 1 heterocycles. The summed E-state index contributed by atoms with van der Waals surface area (Å²) in [7, 11) is 0. The van der Waals surface area contributed by atoms with Crippen LogP contribution in [0.2, 0.25) is 5.02 Å². The number of fused-ring (bicyclic) bond motifs is 1. The fraction of sp³-hybridized carbons (Fsp3) is 0.154. The zero-order valence-electron chi connectivity index (χ0n) is 18.4. The third-order valence-corrected chi connectivity index (χ3v) is 5.67.